The van der Waals surface area contributed by atoms with E-state index in [0.29, 0.717) is 6.04 Å². The van der Waals surface area contributed by atoms with Crippen LogP contribution in [-0.4, -0.2) is 15.8 Å². The Balaban J connectivity index is 2.37. The van der Waals surface area contributed by atoms with Crippen LogP contribution in [0, 0.1) is 6.92 Å². The lowest BCUT2D eigenvalue weighted by atomic mass is 10.1. The zero-order valence-electron chi connectivity index (χ0n) is 10.4. The van der Waals surface area contributed by atoms with E-state index < -0.39 is 0 Å². The fraction of sp³-hybridized carbons (Fsp3) is 0.750. The minimum atomic E-state index is 0.541. The van der Waals surface area contributed by atoms with Gasteiger partial charge in [-0.2, -0.15) is 5.10 Å². The Morgan fingerprint density at radius 3 is 2.73 bits per heavy atom. The summed E-state index contributed by atoms with van der Waals surface area (Å²) < 4.78 is 1.86. The zero-order valence-corrected chi connectivity index (χ0v) is 10.4. The molecule has 0 aliphatic heterocycles. The van der Waals surface area contributed by atoms with E-state index in [1.54, 1.807) is 0 Å². The third-order valence-electron chi connectivity index (χ3n) is 2.66. The standard InChI is InChI=1S/C12H23N3/c1-5-6-7-8-10(2)13-12-9-15(4)14-11(12)3/h9-10,13H,5-8H2,1-4H3. The molecule has 0 saturated carbocycles. The monoisotopic (exact) mass is 209 g/mol. The smallest absolute Gasteiger partial charge is 0.0825 e. The maximum Gasteiger partial charge on any atom is 0.0825 e. The topological polar surface area (TPSA) is 29.9 Å². The molecule has 0 radical (unpaired) electrons. The van der Waals surface area contributed by atoms with Crippen LogP contribution < -0.4 is 5.32 Å². The van der Waals surface area contributed by atoms with Gasteiger partial charge in [0.05, 0.1) is 11.4 Å². The van der Waals surface area contributed by atoms with Gasteiger partial charge in [-0.05, 0) is 20.3 Å². The molecular weight excluding hydrogens is 186 g/mol. The lowest BCUT2D eigenvalue weighted by molar-refractivity contribution is 0.615. The average Bonchev–Trinajstić information content (AvgIpc) is 2.45. The van der Waals surface area contributed by atoms with Gasteiger partial charge in [0.2, 0.25) is 0 Å². The van der Waals surface area contributed by atoms with Gasteiger partial charge in [-0.25, -0.2) is 0 Å². The Morgan fingerprint density at radius 1 is 1.47 bits per heavy atom. The third-order valence-corrected chi connectivity index (χ3v) is 2.66. The molecular formula is C12H23N3. The van der Waals surface area contributed by atoms with Crippen LogP contribution in [0.5, 0.6) is 0 Å². The van der Waals surface area contributed by atoms with Gasteiger partial charge in [0.15, 0.2) is 0 Å². The van der Waals surface area contributed by atoms with E-state index in [4.69, 9.17) is 0 Å². The number of aryl methyl sites for hydroxylation is 2. The molecule has 1 unspecified atom stereocenters. The van der Waals surface area contributed by atoms with Gasteiger partial charge in [0.25, 0.3) is 0 Å². The second-order valence-corrected chi connectivity index (χ2v) is 4.34. The van der Waals surface area contributed by atoms with Crippen molar-refractivity contribution in [1.29, 1.82) is 0 Å². The highest BCUT2D eigenvalue weighted by molar-refractivity contribution is 5.46. The van der Waals surface area contributed by atoms with Crippen molar-refractivity contribution < 1.29 is 0 Å². The summed E-state index contributed by atoms with van der Waals surface area (Å²) in [5, 5.41) is 7.82. The molecule has 86 valence electrons. The number of nitrogens with one attached hydrogen (secondary N) is 1. The number of hydrogen-bond donors (Lipinski definition) is 1. The molecule has 1 aromatic heterocycles. The van der Waals surface area contributed by atoms with Crippen molar-refractivity contribution in [2.75, 3.05) is 5.32 Å². The Bertz CT molecular complexity index is 291. The van der Waals surface area contributed by atoms with Gasteiger partial charge in [-0.15, -0.1) is 0 Å². The highest BCUT2D eigenvalue weighted by Crippen LogP contribution is 2.15. The van der Waals surface area contributed by atoms with Crippen molar-refractivity contribution >= 4 is 5.69 Å². The maximum absolute atomic E-state index is 4.31. The number of hydrogen-bond acceptors (Lipinski definition) is 2. The second kappa shape index (κ2) is 5.79. The molecule has 15 heavy (non-hydrogen) atoms. The van der Waals surface area contributed by atoms with Gasteiger partial charge in [-0.3, -0.25) is 4.68 Å². The molecule has 3 heteroatoms. The predicted octanol–water partition coefficient (Wildman–Crippen LogP) is 3.11. The van der Waals surface area contributed by atoms with Crippen LogP contribution in [0.3, 0.4) is 0 Å². The van der Waals surface area contributed by atoms with Gasteiger partial charge in [0.1, 0.15) is 0 Å². The van der Waals surface area contributed by atoms with Gasteiger partial charge in [0, 0.05) is 19.3 Å². The molecule has 0 aliphatic rings. The zero-order chi connectivity index (χ0) is 11.3. The van der Waals surface area contributed by atoms with E-state index >= 15 is 0 Å². The van der Waals surface area contributed by atoms with Crippen LogP contribution >= 0.6 is 0 Å². The molecule has 1 N–H and O–H groups in total. The fourth-order valence-electron chi connectivity index (χ4n) is 1.78. The molecule has 1 atom stereocenters. The van der Waals surface area contributed by atoms with Crippen LogP contribution in [0.15, 0.2) is 6.20 Å². The van der Waals surface area contributed by atoms with Crippen molar-refractivity contribution in [3.8, 4) is 0 Å². The molecule has 0 fully saturated rings. The number of nitrogens with zero attached hydrogens (tertiary/aromatic N) is 2. The van der Waals surface area contributed by atoms with Crippen LogP contribution in [0.25, 0.3) is 0 Å². The lowest BCUT2D eigenvalue weighted by Gasteiger charge is -2.13. The Labute approximate surface area is 92.9 Å². The lowest BCUT2D eigenvalue weighted by Crippen LogP contribution is -2.15. The SMILES string of the molecule is CCCCCC(C)Nc1cn(C)nc1C. The second-order valence-electron chi connectivity index (χ2n) is 4.34. The molecule has 1 heterocycles. The number of unbranched alkanes of at least 4 members (excludes halogenated alkanes) is 2. The van der Waals surface area contributed by atoms with E-state index in [9.17, 15) is 0 Å². The Kier molecular flexibility index (Phi) is 4.66. The van der Waals surface area contributed by atoms with Crippen LogP contribution in [0.4, 0.5) is 5.69 Å². The largest absolute Gasteiger partial charge is 0.380 e. The molecule has 0 saturated heterocycles. The summed E-state index contributed by atoms with van der Waals surface area (Å²) in [7, 11) is 1.96. The predicted molar refractivity (Wildman–Crippen MR) is 65.2 cm³/mol. The number of anilines is 1. The van der Waals surface area contributed by atoms with Gasteiger partial charge < -0.3 is 5.32 Å². The van der Waals surface area contributed by atoms with Crippen LogP contribution in [0.1, 0.15) is 45.2 Å². The average molecular weight is 209 g/mol. The van der Waals surface area contributed by atoms with Crippen molar-refractivity contribution in [2.24, 2.45) is 7.05 Å². The van der Waals surface area contributed by atoms with Crippen molar-refractivity contribution in [3.05, 3.63) is 11.9 Å². The highest BCUT2D eigenvalue weighted by atomic mass is 15.3. The van der Waals surface area contributed by atoms with E-state index in [-0.39, 0.29) is 0 Å². The van der Waals surface area contributed by atoms with Crippen molar-refractivity contribution in [2.45, 2.75) is 52.5 Å². The quantitative estimate of drug-likeness (QED) is 0.730. The molecule has 0 amide bonds. The van der Waals surface area contributed by atoms with E-state index in [2.05, 4.69) is 24.3 Å². The summed E-state index contributed by atoms with van der Waals surface area (Å²) in [6.45, 7) is 6.52. The summed E-state index contributed by atoms with van der Waals surface area (Å²) in [5.74, 6) is 0. The molecule has 0 bridgehead atoms. The fourth-order valence-corrected chi connectivity index (χ4v) is 1.78. The molecule has 3 nitrogen and oxygen atoms in total. The first kappa shape index (κ1) is 12.1. The van der Waals surface area contributed by atoms with E-state index in [1.165, 1.54) is 31.4 Å². The summed E-state index contributed by atoms with van der Waals surface area (Å²) in [5.41, 5.74) is 2.25. The minimum absolute atomic E-state index is 0.541. The van der Waals surface area contributed by atoms with E-state index in [1.807, 2.05) is 24.9 Å². The third kappa shape index (κ3) is 3.94. The normalized spacial score (nSPS) is 12.8. The molecule has 0 aliphatic carbocycles. The molecule has 1 rings (SSSR count). The summed E-state index contributed by atoms with van der Waals surface area (Å²) in [6, 6.07) is 0.541. The summed E-state index contributed by atoms with van der Waals surface area (Å²) in [4.78, 5) is 0. The first-order chi connectivity index (χ1) is 7.13. The van der Waals surface area contributed by atoms with E-state index in [0.717, 1.165) is 5.69 Å². The van der Waals surface area contributed by atoms with Crippen LogP contribution in [-0.2, 0) is 7.05 Å². The number of aromatic nitrogens is 2. The summed E-state index contributed by atoms with van der Waals surface area (Å²) in [6.07, 6.45) is 7.22. The first-order valence-electron chi connectivity index (χ1n) is 5.90. The van der Waals surface area contributed by atoms with Crippen LogP contribution in [0.2, 0.25) is 0 Å². The van der Waals surface area contributed by atoms with Crippen molar-refractivity contribution in [3.63, 3.8) is 0 Å². The first-order valence-corrected chi connectivity index (χ1v) is 5.90. The summed E-state index contributed by atoms with van der Waals surface area (Å²) >= 11 is 0. The van der Waals surface area contributed by atoms with Gasteiger partial charge >= 0.3 is 0 Å². The maximum atomic E-state index is 4.31. The molecule has 0 spiro atoms. The van der Waals surface area contributed by atoms with Gasteiger partial charge in [-0.1, -0.05) is 26.2 Å². The Hall–Kier alpha value is -0.990. The minimum Gasteiger partial charge on any atom is -0.380 e. The molecule has 0 aromatic carbocycles. The Morgan fingerprint density at radius 2 is 2.20 bits per heavy atom. The highest BCUT2D eigenvalue weighted by Gasteiger charge is 2.06. The number of rotatable bonds is 6. The molecule has 1 aromatic rings. The van der Waals surface area contributed by atoms with Crippen molar-refractivity contribution in [1.82, 2.24) is 9.78 Å².